The van der Waals surface area contributed by atoms with Gasteiger partial charge in [0.05, 0.1) is 6.26 Å². The number of nitrogens with zero attached hydrogens (tertiary/aromatic N) is 1. The van der Waals surface area contributed by atoms with Crippen molar-refractivity contribution in [1.29, 1.82) is 0 Å². The number of hydrogen-bond donors (Lipinski definition) is 2. The zero-order chi connectivity index (χ0) is 14.0. The number of hydrogen-bond acceptors (Lipinski definition) is 4. The van der Waals surface area contributed by atoms with Gasteiger partial charge in [-0.25, -0.2) is 0 Å². The fourth-order valence-corrected chi connectivity index (χ4v) is 3.00. The van der Waals surface area contributed by atoms with Gasteiger partial charge in [0.15, 0.2) is 0 Å². The third-order valence-electron chi connectivity index (χ3n) is 4.59. The Kier molecular flexibility index (Phi) is 4.15. The zero-order valence-corrected chi connectivity index (χ0v) is 12.3. The first-order valence-electron chi connectivity index (χ1n) is 7.85. The van der Waals surface area contributed by atoms with Gasteiger partial charge in [-0.15, -0.1) is 0 Å². The van der Waals surface area contributed by atoms with Crippen LogP contribution >= 0.6 is 0 Å². The first-order valence-corrected chi connectivity index (χ1v) is 7.85. The molecule has 20 heavy (non-hydrogen) atoms. The van der Waals surface area contributed by atoms with E-state index >= 15 is 0 Å². The normalized spacial score (nSPS) is 24.7. The molecule has 0 amide bonds. The summed E-state index contributed by atoms with van der Waals surface area (Å²) >= 11 is 0. The van der Waals surface area contributed by atoms with E-state index in [9.17, 15) is 5.11 Å². The highest BCUT2D eigenvalue weighted by molar-refractivity contribution is 5.08. The van der Waals surface area contributed by atoms with E-state index < -0.39 is 5.60 Å². The second kappa shape index (κ2) is 5.88. The van der Waals surface area contributed by atoms with Crippen LogP contribution in [-0.4, -0.2) is 42.2 Å². The maximum atomic E-state index is 10.4. The molecule has 112 valence electrons. The Hall–Kier alpha value is -0.840. The molecule has 4 nitrogen and oxygen atoms in total. The molecule has 2 aliphatic rings. The molecule has 2 N–H and O–H groups in total. The molecule has 0 aromatic carbocycles. The molecular formula is C16H26N2O2. The van der Waals surface area contributed by atoms with Gasteiger partial charge in [0.1, 0.15) is 11.4 Å². The van der Waals surface area contributed by atoms with Crippen LogP contribution in [0.5, 0.6) is 0 Å². The van der Waals surface area contributed by atoms with E-state index in [0.717, 1.165) is 5.92 Å². The van der Waals surface area contributed by atoms with Crippen LogP contribution in [0.25, 0.3) is 0 Å². The number of rotatable bonds is 6. The SMILES string of the molecule is CC(O)(CNC1CCN(CC2CC2)CC1)c1ccco1. The summed E-state index contributed by atoms with van der Waals surface area (Å²) < 4.78 is 5.31. The lowest BCUT2D eigenvalue weighted by Crippen LogP contribution is -2.46. The molecule has 1 saturated carbocycles. The molecule has 4 heteroatoms. The van der Waals surface area contributed by atoms with Crippen LogP contribution in [0.15, 0.2) is 22.8 Å². The fraction of sp³-hybridized carbons (Fsp3) is 0.750. The highest BCUT2D eigenvalue weighted by Crippen LogP contribution is 2.30. The van der Waals surface area contributed by atoms with Gasteiger partial charge in [-0.05, 0) is 63.7 Å². The molecule has 1 aromatic heterocycles. The van der Waals surface area contributed by atoms with Crippen molar-refractivity contribution in [3.63, 3.8) is 0 Å². The quantitative estimate of drug-likeness (QED) is 0.835. The summed E-state index contributed by atoms with van der Waals surface area (Å²) in [6, 6.07) is 4.17. The molecule has 1 aromatic rings. The molecule has 1 saturated heterocycles. The van der Waals surface area contributed by atoms with Gasteiger partial charge in [-0.3, -0.25) is 0 Å². The standard InChI is InChI=1S/C16H26N2O2/c1-16(19,15-3-2-10-20-15)12-17-14-6-8-18(9-7-14)11-13-4-5-13/h2-3,10,13-14,17,19H,4-9,11-12H2,1H3. The first-order chi connectivity index (χ1) is 9.63. The summed E-state index contributed by atoms with van der Waals surface area (Å²) in [6.45, 7) is 6.04. The number of aliphatic hydroxyl groups is 1. The third-order valence-corrected chi connectivity index (χ3v) is 4.59. The lowest BCUT2D eigenvalue weighted by Gasteiger charge is -2.34. The molecule has 1 unspecified atom stereocenters. The molecular weight excluding hydrogens is 252 g/mol. The van der Waals surface area contributed by atoms with Gasteiger partial charge in [0.2, 0.25) is 0 Å². The predicted octanol–water partition coefficient (Wildman–Crippen LogP) is 1.95. The predicted molar refractivity (Wildman–Crippen MR) is 78.5 cm³/mol. The molecule has 2 fully saturated rings. The summed E-state index contributed by atoms with van der Waals surface area (Å²) in [7, 11) is 0. The number of piperidine rings is 1. The van der Waals surface area contributed by atoms with Crippen molar-refractivity contribution in [2.75, 3.05) is 26.2 Å². The first kappa shape index (κ1) is 14.1. The van der Waals surface area contributed by atoms with Crippen LogP contribution in [0.1, 0.15) is 38.4 Å². The van der Waals surface area contributed by atoms with Gasteiger partial charge in [-0.2, -0.15) is 0 Å². The van der Waals surface area contributed by atoms with Crippen molar-refractivity contribution in [1.82, 2.24) is 10.2 Å². The van der Waals surface area contributed by atoms with Crippen LogP contribution < -0.4 is 5.32 Å². The van der Waals surface area contributed by atoms with E-state index in [1.165, 1.54) is 45.3 Å². The maximum Gasteiger partial charge on any atom is 0.136 e. The molecule has 0 radical (unpaired) electrons. The van der Waals surface area contributed by atoms with Crippen molar-refractivity contribution in [3.8, 4) is 0 Å². The van der Waals surface area contributed by atoms with Crippen molar-refractivity contribution < 1.29 is 9.52 Å². The van der Waals surface area contributed by atoms with Gasteiger partial charge in [-0.1, -0.05) is 0 Å². The Bertz CT molecular complexity index is 404. The molecule has 1 aliphatic carbocycles. The van der Waals surface area contributed by atoms with E-state index in [0.29, 0.717) is 18.3 Å². The topological polar surface area (TPSA) is 48.6 Å². The molecule has 0 spiro atoms. The summed E-state index contributed by atoms with van der Waals surface area (Å²) in [5.41, 5.74) is -0.922. The Morgan fingerprint density at radius 1 is 1.35 bits per heavy atom. The van der Waals surface area contributed by atoms with E-state index in [1.807, 2.05) is 12.1 Å². The fourth-order valence-electron chi connectivity index (χ4n) is 3.00. The lowest BCUT2D eigenvalue weighted by molar-refractivity contribution is 0.0287. The molecule has 1 atom stereocenters. The molecule has 3 rings (SSSR count). The summed E-state index contributed by atoms with van der Waals surface area (Å²) in [5, 5.41) is 13.9. The van der Waals surface area contributed by atoms with Crippen LogP contribution in [0.3, 0.4) is 0 Å². The van der Waals surface area contributed by atoms with Gasteiger partial charge >= 0.3 is 0 Å². The van der Waals surface area contributed by atoms with Crippen molar-refractivity contribution in [3.05, 3.63) is 24.2 Å². The Morgan fingerprint density at radius 3 is 2.70 bits per heavy atom. The average molecular weight is 278 g/mol. The van der Waals surface area contributed by atoms with E-state index in [1.54, 1.807) is 13.2 Å². The van der Waals surface area contributed by atoms with Crippen LogP contribution in [-0.2, 0) is 5.60 Å². The zero-order valence-electron chi connectivity index (χ0n) is 12.3. The number of furan rings is 1. The largest absolute Gasteiger partial charge is 0.466 e. The van der Waals surface area contributed by atoms with Gasteiger partial charge in [0, 0.05) is 19.1 Å². The Morgan fingerprint density at radius 2 is 2.10 bits per heavy atom. The minimum Gasteiger partial charge on any atom is -0.466 e. The molecule has 1 aliphatic heterocycles. The van der Waals surface area contributed by atoms with Crippen LogP contribution in [0.4, 0.5) is 0 Å². The second-order valence-electron chi connectivity index (χ2n) is 6.65. The number of nitrogens with one attached hydrogen (secondary N) is 1. The Balaban J connectivity index is 1.41. The summed E-state index contributed by atoms with van der Waals surface area (Å²) in [6.07, 6.45) is 6.84. The smallest absolute Gasteiger partial charge is 0.136 e. The monoisotopic (exact) mass is 278 g/mol. The minimum absolute atomic E-state index is 0.520. The number of likely N-dealkylation sites (tertiary alicyclic amines) is 1. The van der Waals surface area contributed by atoms with Crippen molar-refractivity contribution in [2.45, 2.75) is 44.2 Å². The minimum atomic E-state index is -0.922. The lowest BCUT2D eigenvalue weighted by atomic mass is 10.0. The Labute approximate surface area is 121 Å². The van der Waals surface area contributed by atoms with Gasteiger partial charge in [0.25, 0.3) is 0 Å². The van der Waals surface area contributed by atoms with E-state index in [2.05, 4.69) is 10.2 Å². The van der Waals surface area contributed by atoms with Crippen LogP contribution in [0.2, 0.25) is 0 Å². The summed E-state index contributed by atoms with van der Waals surface area (Å²) in [4.78, 5) is 2.60. The molecule has 0 bridgehead atoms. The maximum absolute atomic E-state index is 10.4. The van der Waals surface area contributed by atoms with Crippen molar-refractivity contribution in [2.24, 2.45) is 5.92 Å². The second-order valence-corrected chi connectivity index (χ2v) is 6.65. The van der Waals surface area contributed by atoms with Crippen molar-refractivity contribution >= 4 is 0 Å². The van der Waals surface area contributed by atoms with Gasteiger partial charge < -0.3 is 19.7 Å². The molecule has 2 heterocycles. The highest BCUT2D eigenvalue weighted by Gasteiger charge is 2.29. The summed E-state index contributed by atoms with van der Waals surface area (Å²) in [5.74, 6) is 1.62. The van der Waals surface area contributed by atoms with E-state index in [4.69, 9.17) is 4.42 Å². The van der Waals surface area contributed by atoms with Crippen LogP contribution in [0, 0.1) is 5.92 Å². The third kappa shape index (κ3) is 3.62. The van der Waals surface area contributed by atoms with E-state index in [-0.39, 0.29) is 0 Å². The average Bonchev–Trinajstić information content (AvgIpc) is 3.07. The highest BCUT2D eigenvalue weighted by atomic mass is 16.4.